The van der Waals surface area contributed by atoms with E-state index in [2.05, 4.69) is 358 Å². The van der Waals surface area contributed by atoms with Gasteiger partial charge in [-0.05, 0) is 207 Å². The van der Waals surface area contributed by atoms with Crippen molar-refractivity contribution in [1.29, 1.82) is 0 Å². The lowest BCUT2D eigenvalue weighted by atomic mass is 9.89. The molecule has 0 unspecified atom stereocenters. The molecule has 0 radical (unpaired) electrons. The van der Waals surface area contributed by atoms with Crippen LogP contribution in [0.15, 0.2) is 427 Å². The average molecular weight is 1800 g/mol. The van der Waals surface area contributed by atoms with E-state index in [1.54, 1.807) is 18.6 Å². The predicted molar refractivity (Wildman–Crippen MR) is 572 cm³/mol. The lowest BCUT2D eigenvalue weighted by Gasteiger charge is -2.15. The average Bonchev–Trinajstić information content (AvgIpc) is 1.72. The van der Waals surface area contributed by atoms with Gasteiger partial charge in [-0.1, -0.05) is 315 Å². The van der Waals surface area contributed by atoms with Crippen LogP contribution >= 0.6 is 0 Å². The number of hydrogen-bond acceptors (Lipinski definition) is 15. The maximum absolute atomic E-state index is 7.06. The highest BCUT2D eigenvalue weighted by Crippen LogP contribution is 2.49. The minimum atomic E-state index is 0.436. The van der Waals surface area contributed by atoms with Crippen molar-refractivity contribution >= 4 is 195 Å². The van der Waals surface area contributed by atoms with Crippen molar-refractivity contribution in [3.63, 3.8) is 0 Å². The smallest absolute Gasteiger partial charge is 0.166 e. The summed E-state index contributed by atoms with van der Waals surface area (Å²) < 4.78 is 20.5. The predicted octanol–water partition coefficient (Wildman–Crippen LogP) is 32.3. The van der Waals surface area contributed by atoms with Crippen LogP contribution in [0.5, 0.6) is 0 Å². The minimum absolute atomic E-state index is 0.436. The second-order valence-corrected chi connectivity index (χ2v) is 36.4. The molecule has 0 aliphatic rings. The van der Waals surface area contributed by atoms with Gasteiger partial charge in [0, 0.05) is 107 Å². The van der Waals surface area contributed by atoms with Gasteiger partial charge >= 0.3 is 0 Å². The molecule has 15 nitrogen and oxygen atoms in total. The van der Waals surface area contributed by atoms with Crippen molar-refractivity contribution in [2.75, 3.05) is 0 Å². The monoisotopic (exact) mass is 1800 g/mol. The third kappa shape index (κ3) is 12.4. The van der Waals surface area contributed by atoms with Crippen LogP contribution in [0.1, 0.15) is 0 Å². The standard InChI is InChI=1S/C126H68N12O3/c1-3-23-74-55-79(44-40-69(74)19-1)118-130-121(136-124(133-118)106-64-128-67-111-115(106)98-52-49-78(60-109(98)140-111)86-34-17-37-99-116-107(65-129-68-112(116)141-117(86)99)126-134-119(80-45-41-70-20-2-4-24-75(70)56-80)131-122(137-126)103-59-76-25-7-10-28-85(76)113-84-27-9-6-22-73(84)48-51-95(103)113)96-36-18-35-90-92(96)53-54-94-87-29-11-13-31-89(87)100(61-102(90)94)77-43-39-71-42-46-81(58-82(71)57-77)120-132-123(138-125(135-120)105-63-127-66-110-114(105)97-33-15-16-38-108(97)139-110)104-62-101-83-26-8-5-21-72(83)47-50-93(101)88-30-12-14-32-91(88)104/h1-68H. The maximum atomic E-state index is 7.06. The Morgan fingerprint density at radius 3 is 1.08 bits per heavy atom. The summed E-state index contributed by atoms with van der Waals surface area (Å²) in [6.07, 6.45) is 10.9. The summed E-state index contributed by atoms with van der Waals surface area (Å²) in [6, 6.07) is 133. The van der Waals surface area contributed by atoms with Crippen LogP contribution in [-0.4, -0.2) is 59.8 Å². The Bertz CT molecular complexity index is 10700. The molecular weight excluding hydrogens is 1730 g/mol. The number of rotatable bonds is 11. The molecule has 141 heavy (non-hydrogen) atoms. The van der Waals surface area contributed by atoms with Crippen LogP contribution in [0.3, 0.4) is 0 Å². The Morgan fingerprint density at radius 1 is 0.135 bits per heavy atom. The first-order chi connectivity index (χ1) is 69.8. The normalized spacial score (nSPS) is 12.1. The number of aromatic nitrogens is 12. The highest BCUT2D eigenvalue weighted by molar-refractivity contribution is 6.27. The third-order valence-electron chi connectivity index (χ3n) is 28.6. The largest absolute Gasteiger partial charge is 0.454 e. The van der Waals surface area contributed by atoms with Crippen molar-refractivity contribution in [3.05, 3.63) is 413 Å². The van der Waals surface area contributed by atoms with Gasteiger partial charge in [-0.3, -0.25) is 15.0 Å². The molecule has 0 N–H and O–H groups in total. The summed E-state index contributed by atoms with van der Waals surface area (Å²) >= 11 is 0. The van der Waals surface area contributed by atoms with E-state index in [4.69, 9.17) is 73.1 Å². The van der Waals surface area contributed by atoms with Gasteiger partial charge in [0.1, 0.15) is 16.7 Å². The first kappa shape index (κ1) is 78.0. The Kier molecular flexibility index (Phi) is 16.9. The molecule has 30 rings (SSSR count). The Hall–Kier alpha value is -19.4. The molecule has 0 aliphatic heterocycles. The van der Waals surface area contributed by atoms with Crippen molar-refractivity contribution in [2.24, 2.45) is 0 Å². The zero-order valence-corrected chi connectivity index (χ0v) is 74.9. The Labute approximate surface area is 800 Å². The first-order valence-corrected chi connectivity index (χ1v) is 47.0. The molecule has 0 saturated carbocycles. The van der Waals surface area contributed by atoms with Gasteiger partial charge in [0.25, 0.3) is 0 Å². The van der Waals surface area contributed by atoms with Crippen molar-refractivity contribution < 1.29 is 13.3 Å². The molecule has 0 fully saturated rings. The van der Waals surface area contributed by atoms with Gasteiger partial charge < -0.3 is 13.3 Å². The lowest BCUT2D eigenvalue weighted by molar-refractivity contribution is 0.666. The summed E-state index contributed by atoms with van der Waals surface area (Å²) in [5.74, 6) is 4.52. The molecule has 0 saturated heterocycles. The molecule has 650 valence electrons. The van der Waals surface area contributed by atoms with Crippen LogP contribution in [0.2, 0.25) is 0 Å². The number of para-hydroxylation sites is 2. The molecule has 9 heterocycles. The Morgan fingerprint density at radius 2 is 0.468 bits per heavy atom. The highest BCUT2D eigenvalue weighted by atomic mass is 16.3. The van der Waals surface area contributed by atoms with Gasteiger partial charge in [0.2, 0.25) is 0 Å². The van der Waals surface area contributed by atoms with E-state index in [1.165, 1.54) is 0 Å². The number of nitrogens with zero attached hydrogens (tertiary/aromatic N) is 12. The summed E-state index contributed by atoms with van der Waals surface area (Å²) in [6.45, 7) is 0. The molecule has 0 amide bonds. The van der Waals surface area contributed by atoms with E-state index in [1.807, 2.05) is 36.8 Å². The van der Waals surface area contributed by atoms with Crippen molar-refractivity contribution in [1.82, 2.24) is 59.8 Å². The molecule has 0 bridgehead atoms. The highest BCUT2D eigenvalue weighted by Gasteiger charge is 2.29. The maximum Gasteiger partial charge on any atom is 0.166 e. The van der Waals surface area contributed by atoms with Gasteiger partial charge in [-0.25, -0.2) is 44.9 Å². The summed E-state index contributed by atoms with van der Waals surface area (Å²) in [5.41, 5.74) is 15.0. The van der Waals surface area contributed by atoms with E-state index < -0.39 is 0 Å². The third-order valence-corrected chi connectivity index (χ3v) is 28.6. The van der Waals surface area contributed by atoms with Crippen LogP contribution in [0.25, 0.3) is 320 Å². The molecule has 30 aromatic rings. The molecule has 15 heteroatoms. The molecule has 0 spiro atoms. The summed E-state index contributed by atoms with van der Waals surface area (Å²) in [4.78, 5) is 63.8. The molecule has 0 aliphatic carbocycles. The van der Waals surface area contributed by atoms with E-state index in [-0.39, 0.29) is 0 Å². The number of fused-ring (bicyclic) bond motifs is 27. The van der Waals surface area contributed by atoms with E-state index in [0.29, 0.717) is 91.5 Å². The lowest BCUT2D eigenvalue weighted by Crippen LogP contribution is -2.01. The number of benzene rings is 21. The zero-order valence-electron chi connectivity index (χ0n) is 74.9. The molecule has 0 atom stereocenters. The molecular formula is C126H68N12O3. The van der Waals surface area contributed by atoms with Gasteiger partial charge in [-0.15, -0.1) is 0 Å². The van der Waals surface area contributed by atoms with Crippen molar-refractivity contribution in [3.8, 4) is 125 Å². The minimum Gasteiger partial charge on any atom is -0.454 e. The van der Waals surface area contributed by atoms with Gasteiger partial charge in [0.05, 0.1) is 18.6 Å². The van der Waals surface area contributed by atoms with E-state index in [0.717, 1.165) is 228 Å². The fraction of sp³-hybridized carbons (Fsp3) is 0. The quantitative estimate of drug-likeness (QED) is 0.111. The summed E-state index contributed by atoms with van der Waals surface area (Å²) in [7, 11) is 0. The van der Waals surface area contributed by atoms with Crippen LogP contribution < -0.4 is 0 Å². The molecule has 21 aromatic carbocycles. The summed E-state index contributed by atoms with van der Waals surface area (Å²) in [5, 5.41) is 31.5. The second-order valence-electron chi connectivity index (χ2n) is 36.4. The zero-order chi connectivity index (χ0) is 92.2. The van der Waals surface area contributed by atoms with Crippen LogP contribution in [-0.2, 0) is 0 Å². The fourth-order valence-corrected chi connectivity index (χ4v) is 22.0. The van der Waals surface area contributed by atoms with Gasteiger partial charge in [0.15, 0.2) is 69.2 Å². The SMILES string of the molecule is c1ccc2cc(-c3nc(-c4cccc5c4ccc4c6ccccc6c(-c6ccc7ccc(-c8nc(-c9cc%10c%11ccccc%11ccc%10c%10ccccc9%10)nc(-c9cncc%10oc%11ccccc%11c9%10)n8)cc7c6)cc54)nc(-c4cncc5oc6cc(-c7cccc8c7oc7cncc(-c9nc(-c%10ccc%11ccccc%11c%10)nc(-c%10cc%11ccccc%11c%11c%10ccc%10ccccc%10%11)n9)c78)ccc6c45)n3)ccc2c1. The van der Waals surface area contributed by atoms with E-state index in [9.17, 15) is 0 Å². The van der Waals surface area contributed by atoms with E-state index >= 15 is 0 Å². The second kappa shape index (κ2) is 30.6. The fourth-order valence-electron chi connectivity index (χ4n) is 22.0. The topological polar surface area (TPSA) is 194 Å². The number of hydrogen-bond donors (Lipinski definition) is 0. The Balaban J connectivity index is 0.539. The van der Waals surface area contributed by atoms with Crippen LogP contribution in [0.4, 0.5) is 0 Å². The van der Waals surface area contributed by atoms with Crippen molar-refractivity contribution in [2.45, 2.75) is 0 Å². The number of furan rings is 3. The molecule has 9 aromatic heterocycles. The number of pyridine rings is 3. The van der Waals surface area contributed by atoms with Gasteiger partial charge in [-0.2, -0.15) is 0 Å². The van der Waals surface area contributed by atoms with Crippen LogP contribution in [0, 0.1) is 0 Å². The first-order valence-electron chi connectivity index (χ1n) is 47.0.